The van der Waals surface area contributed by atoms with Gasteiger partial charge < -0.3 is 24.4 Å². The number of alkyl halides is 1. The lowest BCUT2D eigenvalue weighted by molar-refractivity contribution is 0.0522. The minimum atomic E-state index is -2.37. The van der Waals surface area contributed by atoms with Crippen LogP contribution in [0.25, 0.3) is 32.8 Å². The zero-order chi connectivity index (χ0) is 48.2. The Balaban J connectivity index is 1.29. The molecule has 358 valence electrons. The summed E-state index contributed by atoms with van der Waals surface area (Å²) in [6, 6.07) is 9.69. The van der Waals surface area contributed by atoms with E-state index in [1.54, 1.807) is 45.0 Å². The molecule has 8 rings (SSSR count). The molecule has 2 atom stereocenters. The van der Waals surface area contributed by atoms with Gasteiger partial charge in [0.2, 0.25) is 0 Å². The minimum Gasteiger partial charge on any atom is -0.493 e. The zero-order valence-corrected chi connectivity index (χ0v) is 41.4. The van der Waals surface area contributed by atoms with Gasteiger partial charge in [-0.15, -0.1) is 5.54 Å². The molecule has 2 aromatic heterocycles. The average molecular weight is 942 g/mol. The summed E-state index contributed by atoms with van der Waals surface area (Å²) < 4.78 is 86.4. The highest BCUT2D eigenvalue weighted by atomic mass is 28.3. The minimum absolute atomic E-state index is 0.00765. The van der Waals surface area contributed by atoms with Crippen LogP contribution < -0.4 is 19.7 Å². The highest BCUT2D eigenvalue weighted by Gasteiger charge is 2.49. The second-order valence-electron chi connectivity index (χ2n) is 20.4. The molecular formula is C51H63F4N7O4Si. The van der Waals surface area contributed by atoms with Gasteiger partial charge in [0.25, 0.3) is 0 Å². The first kappa shape index (κ1) is 48.1. The summed E-state index contributed by atoms with van der Waals surface area (Å²) in [5, 5.41) is 8.33. The molecule has 2 saturated heterocycles. The smallest absolute Gasteiger partial charge is 0.407 e. The Hall–Kier alpha value is -5.40. The molecule has 0 radical (unpaired) electrons. The van der Waals surface area contributed by atoms with Gasteiger partial charge in [-0.2, -0.15) is 15.1 Å². The maximum absolute atomic E-state index is 18.0. The molecule has 0 spiro atoms. The molecule has 67 heavy (non-hydrogen) atoms. The summed E-state index contributed by atoms with van der Waals surface area (Å²) in [4.78, 5) is 26.1. The van der Waals surface area contributed by atoms with Crippen LogP contribution in [-0.2, 0) is 24.4 Å². The first-order chi connectivity index (χ1) is 31.8. The van der Waals surface area contributed by atoms with Crippen molar-refractivity contribution in [3.05, 3.63) is 70.8 Å². The molecule has 0 aliphatic carbocycles. The third-order valence-corrected chi connectivity index (χ3v) is 20.4. The van der Waals surface area contributed by atoms with Crippen molar-refractivity contribution < 1.29 is 36.6 Å². The number of methoxy groups -OCH3 is 1. The Kier molecular flexibility index (Phi) is 13.3. The largest absolute Gasteiger partial charge is 0.493 e. The van der Waals surface area contributed by atoms with E-state index in [0.29, 0.717) is 43.6 Å². The highest BCUT2D eigenvalue weighted by molar-refractivity contribution is 6.90. The lowest BCUT2D eigenvalue weighted by Crippen LogP contribution is -2.43. The van der Waals surface area contributed by atoms with Gasteiger partial charge in [-0.3, -0.25) is 9.58 Å². The molecule has 0 bridgehead atoms. The number of hydrogen-bond acceptors (Lipinski definition) is 9. The van der Waals surface area contributed by atoms with Crippen LogP contribution in [0.2, 0.25) is 16.6 Å². The Labute approximate surface area is 392 Å². The van der Waals surface area contributed by atoms with Gasteiger partial charge in [0.1, 0.15) is 43.6 Å². The van der Waals surface area contributed by atoms with Crippen molar-refractivity contribution in [1.29, 1.82) is 0 Å². The molecule has 1 amide bonds. The van der Waals surface area contributed by atoms with Crippen LogP contribution in [0.3, 0.4) is 0 Å². The molecule has 0 unspecified atom stereocenters. The zero-order valence-electron chi connectivity index (χ0n) is 40.4. The number of nitrogens with zero attached hydrogens (tertiary/aromatic N) is 6. The summed E-state index contributed by atoms with van der Waals surface area (Å²) in [6.07, 6.45) is 0.914. The van der Waals surface area contributed by atoms with E-state index in [1.165, 1.54) is 13.2 Å². The van der Waals surface area contributed by atoms with Crippen molar-refractivity contribution >= 4 is 41.7 Å². The number of aromatic nitrogens is 4. The first-order valence-corrected chi connectivity index (χ1v) is 25.8. The lowest BCUT2D eigenvalue weighted by atomic mass is 9.92. The second-order valence-corrected chi connectivity index (χ2v) is 26.0. The summed E-state index contributed by atoms with van der Waals surface area (Å²) in [5.74, 6) is 0.539. The number of nitrogens with one attached hydrogen (secondary N) is 1. The van der Waals surface area contributed by atoms with Crippen molar-refractivity contribution in [2.24, 2.45) is 0 Å². The van der Waals surface area contributed by atoms with Gasteiger partial charge in [0.15, 0.2) is 17.4 Å². The van der Waals surface area contributed by atoms with Gasteiger partial charge in [0, 0.05) is 31.4 Å². The van der Waals surface area contributed by atoms with Gasteiger partial charge in [0.05, 0.1) is 53.6 Å². The number of alkyl carbamates (subject to hydrolysis) is 1. The Bertz CT molecular complexity index is 2740. The fraction of sp³-hybridized carbons (Fsp3) is 0.529. The molecule has 3 aromatic carbocycles. The fourth-order valence-corrected chi connectivity index (χ4v) is 16.4. The van der Waals surface area contributed by atoms with E-state index >= 15 is 13.2 Å². The normalized spacial score (nSPS) is 18.9. The molecular weight excluding hydrogens is 879 g/mol. The number of amides is 1. The Morgan fingerprint density at radius 1 is 0.970 bits per heavy atom. The standard InChI is InChI=1S/C51H63F4N7O4Si/c1-30(2)67(31(3)4,32(5)6)23-18-37-39(53)17-16-33-14-11-15-38(40(33)37)41-43(54)45-42(46(64-10)44(41)55)47(58-48(57-45)65-29-51-19-12-21-61(51)27-34(52)25-51)60-20-13-22-62-36(28-60)24-35(59-62)26-56-49(63)66-50(7,8)9/h11,14-17,24,30-32,34H,12-13,19-22,25-29H2,1-10H3,(H,56,63)/t34-,51+/m1/s1. The van der Waals surface area contributed by atoms with Gasteiger partial charge in [-0.25, -0.2) is 22.4 Å². The van der Waals surface area contributed by atoms with Gasteiger partial charge >= 0.3 is 12.1 Å². The number of anilines is 1. The van der Waals surface area contributed by atoms with Crippen molar-refractivity contribution in [2.45, 2.75) is 142 Å². The van der Waals surface area contributed by atoms with Crippen molar-refractivity contribution in [2.75, 3.05) is 38.3 Å². The van der Waals surface area contributed by atoms with Crippen LogP contribution in [0, 0.1) is 28.9 Å². The Morgan fingerprint density at radius 3 is 2.42 bits per heavy atom. The average Bonchev–Trinajstić information content (AvgIpc) is 3.88. The third-order valence-electron chi connectivity index (χ3n) is 14.1. The van der Waals surface area contributed by atoms with E-state index in [4.69, 9.17) is 24.3 Å². The molecule has 1 N–H and O–H groups in total. The number of benzene rings is 3. The van der Waals surface area contributed by atoms with Gasteiger partial charge in [-0.1, -0.05) is 71.7 Å². The van der Waals surface area contributed by atoms with Crippen LogP contribution in [0.15, 0.2) is 36.4 Å². The molecule has 3 aliphatic rings. The van der Waals surface area contributed by atoms with Crippen LogP contribution in [0.4, 0.5) is 28.2 Å². The maximum Gasteiger partial charge on any atom is 0.407 e. The predicted octanol–water partition coefficient (Wildman–Crippen LogP) is 11.0. The van der Waals surface area contributed by atoms with E-state index in [-0.39, 0.29) is 81.3 Å². The van der Waals surface area contributed by atoms with Crippen LogP contribution in [-0.4, -0.2) is 89.5 Å². The summed E-state index contributed by atoms with van der Waals surface area (Å²) in [6.45, 7) is 20.8. The molecule has 3 aliphatic heterocycles. The number of ether oxygens (including phenoxy) is 3. The van der Waals surface area contributed by atoms with E-state index in [0.717, 1.165) is 25.1 Å². The number of halogens is 4. The monoisotopic (exact) mass is 941 g/mol. The van der Waals surface area contributed by atoms with E-state index < -0.39 is 54.5 Å². The SMILES string of the molecule is COc1c(F)c(-c2cccc3ccc(F)c(C#C[Si](C(C)C)(C(C)C)C(C)C)c23)c(F)c2nc(OC[C@@]34CCCN3C[C@H](F)C4)nc(N3CCCn4nc(CNC(=O)OC(C)(C)C)cc4C3)c12. The number of carbonyl (C=O) groups is 1. The van der Waals surface area contributed by atoms with Crippen LogP contribution in [0.1, 0.15) is 105 Å². The fourth-order valence-electron chi connectivity index (χ4n) is 11.2. The highest BCUT2D eigenvalue weighted by Crippen LogP contribution is 2.47. The molecule has 11 nitrogen and oxygen atoms in total. The van der Waals surface area contributed by atoms with E-state index in [9.17, 15) is 9.18 Å². The predicted molar refractivity (Wildman–Crippen MR) is 256 cm³/mol. The van der Waals surface area contributed by atoms with Crippen molar-refractivity contribution in [3.63, 3.8) is 0 Å². The van der Waals surface area contributed by atoms with Gasteiger partial charge in [-0.05, 0) is 86.3 Å². The number of aryl methyl sites for hydroxylation is 1. The van der Waals surface area contributed by atoms with Crippen molar-refractivity contribution in [1.82, 2.24) is 30.0 Å². The first-order valence-electron chi connectivity index (χ1n) is 23.6. The Morgan fingerprint density at radius 2 is 1.72 bits per heavy atom. The molecule has 16 heteroatoms. The summed E-state index contributed by atoms with van der Waals surface area (Å²) in [7, 11) is -1.06. The quantitative estimate of drug-likeness (QED) is 0.0787. The maximum atomic E-state index is 18.0. The number of fused-ring (bicyclic) bond motifs is 4. The lowest BCUT2D eigenvalue weighted by Gasteiger charge is -2.38. The van der Waals surface area contributed by atoms with E-state index in [1.807, 2.05) is 15.6 Å². The third kappa shape index (κ3) is 9.05. The van der Waals surface area contributed by atoms with Crippen LogP contribution >= 0.6 is 0 Å². The summed E-state index contributed by atoms with van der Waals surface area (Å²) >= 11 is 0. The molecule has 2 fully saturated rings. The number of carbonyl (C=O) groups excluding carboxylic acids is 1. The molecule has 0 saturated carbocycles. The summed E-state index contributed by atoms with van der Waals surface area (Å²) in [5.41, 5.74) is 4.01. The number of hydrogen-bond donors (Lipinski definition) is 1. The molecule has 5 heterocycles. The van der Waals surface area contributed by atoms with Crippen molar-refractivity contribution in [3.8, 4) is 34.4 Å². The number of rotatable bonds is 11. The second kappa shape index (κ2) is 18.6. The molecule has 5 aromatic rings. The topological polar surface area (TPSA) is 107 Å². The van der Waals surface area contributed by atoms with E-state index in [2.05, 4.69) is 68.2 Å². The van der Waals surface area contributed by atoms with Crippen LogP contribution in [0.5, 0.6) is 11.8 Å².